The fourth-order valence-corrected chi connectivity index (χ4v) is 4.79. The summed E-state index contributed by atoms with van der Waals surface area (Å²) in [5.41, 5.74) is 6.35. The van der Waals surface area contributed by atoms with E-state index in [0.29, 0.717) is 35.1 Å². The molecule has 3 heterocycles. The molecule has 8 heteroatoms. The number of ether oxygens (including phenoxy) is 2. The van der Waals surface area contributed by atoms with Gasteiger partial charge in [-0.3, -0.25) is 4.79 Å². The van der Waals surface area contributed by atoms with Crippen LogP contribution in [-0.4, -0.2) is 40.1 Å². The second kappa shape index (κ2) is 10.3. The number of anilines is 1. The smallest absolute Gasteiger partial charge is 0.280 e. The lowest BCUT2D eigenvalue weighted by Crippen LogP contribution is -2.26. The molecular formula is C31H25N5O3. The van der Waals surface area contributed by atoms with Gasteiger partial charge in [0.1, 0.15) is 11.4 Å². The molecule has 5 aromatic rings. The summed E-state index contributed by atoms with van der Waals surface area (Å²) in [5, 5.41) is 16.6. The Balaban J connectivity index is 1.53. The van der Waals surface area contributed by atoms with Crippen LogP contribution in [0.1, 0.15) is 16.1 Å². The van der Waals surface area contributed by atoms with E-state index in [1.165, 1.54) is 11.8 Å². The number of benzene rings is 3. The molecule has 0 aliphatic carbocycles. The van der Waals surface area contributed by atoms with Crippen molar-refractivity contribution in [3.63, 3.8) is 0 Å². The molecule has 39 heavy (non-hydrogen) atoms. The van der Waals surface area contributed by atoms with E-state index in [0.717, 1.165) is 33.6 Å². The van der Waals surface area contributed by atoms with E-state index in [1.54, 1.807) is 19.2 Å². The lowest BCUT2D eigenvalue weighted by molar-refractivity contribution is 0.0958. The van der Waals surface area contributed by atoms with E-state index < -0.39 is 0 Å². The van der Waals surface area contributed by atoms with Crippen LogP contribution >= 0.6 is 0 Å². The van der Waals surface area contributed by atoms with Crippen LogP contribution in [0.4, 0.5) is 5.82 Å². The van der Waals surface area contributed by atoms with Gasteiger partial charge < -0.3 is 14.8 Å². The van der Waals surface area contributed by atoms with Crippen LogP contribution in [0.3, 0.4) is 0 Å². The summed E-state index contributed by atoms with van der Waals surface area (Å²) in [6.07, 6.45) is 0.422. The monoisotopic (exact) mass is 515 g/mol. The van der Waals surface area contributed by atoms with E-state index in [1.807, 2.05) is 84.9 Å². The second-order valence-corrected chi connectivity index (χ2v) is 8.96. The molecule has 1 aliphatic rings. The first-order chi connectivity index (χ1) is 19.2. The van der Waals surface area contributed by atoms with E-state index in [9.17, 15) is 4.79 Å². The molecule has 1 aliphatic heterocycles. The zero-order valence-electron chi connectivity index (χ0n) is 21.5. The highest BCUT2D eigenvalue weighted by Gasteiger charge is 2.33. The fourth-order valence-electron chi connectivity index (χ4n) is 4.79. The van der Waals surface area contributed by atoms with Crippen molar-refractivity contribution in [1.29, 1.82) is 0 Å². The summed E-state index contributed by atoms with van der Waals surface area (Å²) >= 11 is 0. The number of carbonyl (C=O) groups excluding carboxylic acids is 1. The Labute approximate surface area is 225 Å². The van der Waals surface area contributed by atoms with Crippen molar-refractivity contribution in [2.45, 2.75) is 6.42 Å². The van der Waals surface area contributed by atoms with Gasteiger partial charge in [-0.2, -0.15) is 9.78 Å². The largest absolute Gasteiger partial charge is 0.497 e. The van der Waals surface area contributed by atoms with Crippen LogP contribution in [0, 0.1) is 0 Å². The third-order valence-corrected chi connectivity index (χ3v) is 6.65. The van der Waals surface area contributed by atoms with E-state index in [2.05, 4.69) is 15.5 Å². The molecule has 0 saturated carbocycles. The van der Waals surface area contributed by atoms with Crippen molar-refractivity contribution >= 4 is 17.3 Å². The van der Waals surface area contributed by atoms with Gasteiger partial charge in [0.05, 0.1) is 25.5 Å². The van der Waals surface area contributed by atoms with Crippen LogP contribution in [0.15, 0.2) is 103 Å². The highest BCUT2D eigenvalue weighted by atomic mass is 16.5. The average molecular weight is 516 g/mol. The number of hydrogen-bond donors (Lipinski definition) is 1. The molecule has 0 bridgehead atoms. The molecule has 0 atom stereocenters. The summed E-state index contributed by atoms with van der Waals surface area (Å²) in [6.45, 7) is 0. The van der Waals surface area contributed by atoms with E-state index in [-0.39, 0.29) is 5.91 Å². The number of methoxy groups -OCH3 is 2. The zero-order valence-corrected chi connectivity index (χ0v) is 21.5. The Morgan fingerprint density at radius 2 is 1.44 bits per heavy atom. The maximum absolute atomic E-state index is 14.2. The molecular weight excluding hydrogens is 490 g/mol. The van der Waals surface area contributed by atoms with E-state index >= 15 is 0 Å². The molecule has 0 spiro atoms. The van der Waals surface area contributed by atoms with Gasteiger partial charge in [0.2, 0.25) is 5.88 Å². The predicted octanol–water partition coefficient (Wildman–Crippen LogP) is 5.74. The summed E-state index contributed by atoms with van der Waals surface area (Å²) in [7, 11) is 3.15. The van der Waals surface area contributed by atoms with Crippen LogP contribution in [-0.2, 0) is 6.42 Å². The molecule has 2 aromatic heterocycles. The van der Waals surface area contributed by atoms with Gasteiger partial charge in [-0.05, 0) is 29.3 Å². The van der Waals surface area contributed by atoms with Crippen LogP contribution < -0.4 is 14.8 Å². The Morgan fingerprint density at radius 3 is 2.05 bits per heavy atom. The molecule has 0 amide bonds. The Bertz CT molecular complexity index is 1660. The molecule has 0 unspecified atom stereocenters. The van der Waals surface area contributed by atoms with Crippen molar-refractivity contribution in [2.75, 3.05) is 19.5 Å². The van der Waals surface area contributed by atoms with Gasteiger partial charge in [0, 0.05) is 29.3 Å². The van der Waals surface area contributed by atoms with Gasteiger partial charge in [-0.25, -0.2) is 0 Å². The standard InChI is InChI=1S/C31H25N5O3/c1-38-23-15-13-21(14-16-23)28-24(32-26-17-18-27(39-2)34-33-26)19-25-29(20-9-5-3-6-10-20)30(35-36(25)31(28)37)22-11-7-4-8-12-22/h3-18H,19H2,1-2H3,(H,32,33). The summed E-state index contributed by atoms with van der Waals surface area (Å²) in [4.78, 5) is 14.2. The number of fused-ring (bicyclic) bond motifs is 1. The first-order valence-electron chi connectivity index (χ1n) is 12.5. The Kier molecular flexibility index (Phi) is 6.34. The number of hydrogen-bond acceptors (Lipinski definition) is 7. The lowest BCUT2D eigenvalue weighted by atomic mass is 9.92. The topological polar surface area (TPSA) is 91.2 Å². The molecule has 8 nitrogen and oxygen atoms in total. The van der Waals surface area contributed by atoms with Crippen LogP contribution in [0.5, 0.6) is 11.6 Å². The number of allylic oxidation sites excluding steroid dienone is 2. The second-order valence-electron chi connectivity index (χ2n) is 8.96. The molecule has 192 valence electrons. The first-order valence-corrected chi connectivity index (χ1v) is 12.5. The third kappa shape index (κ3) is 4.53. The number of rotatable bonds is 7. The van der Waals surface area contributed by atoms with Gasteiger partial charge in [0.25, 0.3) is 5.91 Å². The number of aromatic nitrogens is 4. The third-order valence-electron chi connectivity index (χ3n) is 6.65. The van der Waals surface area contributed by atoms with Gasteiger partial charge in [-0.1, -0.05) is 72.8 Å². The summed E-state index contributed by atoms with van der Waals surface area (Å²) in [6, 6.07) is 30.9. The SMILES string of the molecule is COc1ccc(C2=C(Nc3ccc(OC)nn3)Cc3c(-c4ccccc4)c(-c4ccccc4)nn3C2=O)cc1. The minimum absolute atomic E-state index is 0.232. The van der Waals surface area contributed by atoms with Gasteiger partial charge >= 0.3 is 0 Å². The van der Waals surface area contributed by atoms with Crippen molar-refractivity contribution in [2.24, 2.45) is 0 Å². The normalized spacial score (nSPS) is 12.7. The predicted molar refractivity (Wildman–Crippen MR) is 150 cm³/mol. The van der Waals surface area contributed by atoms with Crippen molar-refractivity contribution < 1.29 is 14.3 Å². The fraction of sp³-hybridized carbons (Fsp3) is 0.0968. The molecule has 0 radical (unpaired) electrons. The van der Waals surface area contributed by atoms with Crippen molar-refractivity contribution in [3.05, 3.63) is 114 Å². The maximum Gasteiger partial charge on any atom is 0.280 e. The first kappa shape index (κ1) is 24.1. The quantitative estimate of drug-likeness (QED) is 0.295. The molecule has 0 fully saturated rings. The highest BCUT2D eigenvalue weighted by molar-refractivity contribution is 6.23. The lowest BCUT2D eigenvalue weighted by Gasteiger charge is -2.23. The number of carbonyl (C=O) groups is 1. The van der Waals surface area contributed by atoms with Crippen molar-refractivity contribution in [1.82, 2.24) is 20.0 Å². The highest BCUT2D eigenvalue weighted by Crippen LogP contribution is 2.40. The zero-order chi connectivity index (χ0) is 26.8. The molecule has 0 saturated heterocycles. The van der Waals surface area contributed by atoms with Gasteiger partial charge in [-0.15, -0.1) is 10.2 Å². The Hall–Kier alpha value is -5.24. The Morgan fingerprint density at radius 1 is 0.744 bits per heavy atom. The maximum atomic E-state index is 14.2. The molecule has 1 N–H and O–H groups in total. The molecule has 3 aromatic carbocycles. The van der Waals surface area contributed by atoms with Crippen LogP contribution in [0.2, 0.25) is 0 Å². The van der Waals surface area contributed by atoms with Crippen molar-refractivity contribution in [3.8, 4) is 34.0 Å². The number of nitrogens with zero attached hydrogens (tertiary/aromatic N) is 4. The van der Waals surface area contributed by atoms with E-state index in [4.69, 9.17) is 14.6 Å². The minimum atomic E-state index is -0.232. The van der Waals surface area contributed by atoms with Gasteiger partial charge in [0.15, 0.2) is 5.82 Å². The van der Waals surface area contributed by atoms with Crippen LogP contribution in [0.25, 0.3) is 28.0 Å². The number of nitrogens with one attached hydrogen (secondary N) is 1. The average Bonchev–Trinajstić information content (AvgIpc) is 3.38. The minimum Gasteiger partial charge on any atom is -0.497 e. The molecule has 6 rings (SSSR count). The summed E-state index contributed by atoms with van der Waals surface area (Å²) in [5.74, 6) is 1.38. The summed E-state index contributed by atoms with van der Waals surface area (Å²) < 4.78 is 12.0.